The first kappa shape index (κ1) is 12.0. The molecule has 1 aromatic rings. The van der Waals surface area contributed by atoms with Crippen LogP contribution in [0.3, 0.4) is 0 Å². The highest BCUT2D eigenvalue weighted by Crippen LogP contribution is 2.12. The molecule has 1 aromatic carbocycles. The lowest BCUT2D eigenvalue weighted by atomic mass is 10.1. The number of halogens is 1. The molecule has 2 heteroatoms. The van der Waals surface area contributed by atoms with Gasteiger partial charge in [-0.15, -0.1) is 0 Å². The lowest BCUT2D eigenvalue weighted by Gasteiger charge is -2.06. The highest BCUT2D eigenvalue weighted by atomic mass is 19.1. The van der Waals surface area contributed by atoms with E-state index in [0.717, 1.165) is 13.0 Å². The fourth-order valence-corrected chi connectivity index (χ4v) is 1.56. The van der Waals surface area contributed by atoms with Gasteiger partial charge in [-0.25, -0.2) is 4.39 Å². The molecule has 0 radical (unpaired) electrons. The third-order valence-electron chi connectivity index (χ3n) is 2.47. The van der Waals surface area contributed by atoms with Crippen molar-refractivity contribution in [3.63, 3.8) is 0 Å². The molecular weight excluding hydrogens is 189 g/mol. The van der Waals surface area contributed by atoms with E-state index in [-0.39, 0.29) is 5.82 Å². The molecule has 0 bridgehead atoms. The average Bonchev–Trinajstić information content (AvgIpc) is 2.25. The standard InChI is InChI=1S/C13H20FN/c1-2-3-4-5-8-11-15-13-10-7-6-9-12(13)14/h6-7,9-10,15H,2-5,8,11H2,1H3. The second-order valence-corrected chi connectivity index (χ2v) is 3.82. The summed E-state index contributed by atoms with van der Waals surface area (Å²) in [5.41, 5.74) is 0.619. The molecular formula is C13H20FN. The van der Waals surface area contributed by atoms with Crippen LogP contribution in [0.5, 0.6) is 0 Å². The molecule has 0 amide bonds. The van der Waals surface area contributed by atoms with E-state index in [9.17, 15) is 4.39 Å². The number of hydrogen-bond donors (Lipinski definition) is 1. The molecule has 0 atom stereocenters. The maximum Gasteiger partial charge on any atom is 0.146 e. The summed E-state index contributed by atoms with van der Waals surface area (Å²) in [6, 6.07) is 6.82. The zero-order valence-corrected chi connectivity index (χ0v) is 9.43. The van der Waals surface area contributed by atoms with E-state index in [1.807, 2.05) is 6.07 Å². The zero-order valence-electron chi connectivity index (χ0n) is 9.43. The number of benzene rings is 1. The Balaban J connectivity index is 2.12. The second-order valence-electron chi connectivity index (χ2n) is 3.82. The Hall–Kier alpha value is -1.05. The molecule has 0 unspecified atom stereocenters. The van der Waals surface area contributed by atoms with Crippen molar-refractivity contribution < 1.29 is 4.39 Å². The lowest BCUT2D eigenvalue weighted by Crippen LogP contribution is -2.02. The van der Waals surface area contributed by atoms with Crippen molar-refractivity contribution >= 4 is 5.69 Å². The van der Waals surface area contributed by atoms with Crippen LogP contribution in [0.2, 0.25) is 0 Å². The van der Waals surface area contributed by atoms with Crippen molar-refractivity contribution in [2.75, 3.05) is 11.9 Å². The smallest absolute Gasteiger partial charge is 0.146 e. The largest absolute Gasteiger partial charge is 0.383 e. The Kier molecular flexibility index (Phi) is 5.83. The highest BCUT2D eigenvalue weighted by Gasteiger charge is 1.97. The van der Waals surface area contributed by atoms with Crippen molar-refractivity contribution in [2.45, 2.75) is 39.0 Å². The van der Waals surface area contributed by atoms with Crippen LogP contribution in [0.4, 0.5) is 10.1 Å². The molecule has 1 nitrogen and oxygen atoms in total. The number of rotatable bonds is 7. The minimum absolute atomic E-state index is 0.161. The van der Waals surface area contributed by atoms with Crippen molar-refractivity contribution in [3.05, 3.63) is 30.1 Å². The third kappa shape index (κ3) is 4.82. The number of hydrogen-bond acceptors (Lipinski definition) is 1. The average molecular weight is 209 g/mol. The van der Waals surface area contributed by atoms with Gasteiger partial charge >= 0.3 is 0 Å². The molecule has 0 fully saturated rings. The highest BCUT2D eigenvalue weighted by molar-refractivity contribution is 5.44. The fourth-order valence-electron chi connectivity index (χ4n) is 1.56. The van der Waals surface area contributed by atoms with Gasteiger partial charge in [0.1, 0.15) is 5.82 Å². The molecule has 1 rings (SSSR count). The Morgan fingerprint density at radius 3 is 2.53 bits per heavy atom. The minimum Gasteiger partial charge on any atom is -0.383 e. The monoisotopic (exact) mass is 209 g/mol. The van der Waals surface area contributed by atoms with E-state index in [2.05, 4.69) is 12.2 Å². The Labute approximate surface area is 91.7 Å². The van der Waals surface area contributed by atoms with Gasteiger partial charge < -0.3 is 5.32 Å². The van der Waals surface area contributed by atoms with Gasteiger partial charge in [-0.2, -0.15) is 0 Å². The number of para-hydroxylation sites is 1. The SMILES string of the molecule is CCCCCCCNc1ccccc1F. The first-order valence-corrected chi connectivity index (χ1v) is 5.83. The van der Waals surface area contributed by atoms with Gasteiger partial charge in [-0.1, -0.05) is 44.7 Å². The summed E-state index contributed by atoms with van der Waals surface area (Å²) in [5.74, 6) is -0.161. The topological polar surface area (TPSA) is 12.0 Å². The van der Waals surface area contributed by atoms with Crippen LogP contribution in [0, 0.1) is 5.82 Å². The molecule has 0 saturated carbocycles. The molecule has 1 N–H and O–H groups in total. The molecule has 0 aliphatic carbocycles. The van der Waals surface area contributed by atoms with Gasteiger partial charge in [0.2, 0.25) is 0 Å². The predicted octanol–water partition coefficient (Wildman–Crippen LogP) is 4.21. The van der Waals surface area contributed by atoms with E-state index in [4.69, 9.17) is 0 Å². The Bertz CT molecular complexity index is 273. The summed E-state index contributed by atoms with van der Waals surface area (Å²) in [6.07, 6.45) is 6.21. The van der Waals surface area contributed by atoms with Crippen LogP contribution in [-0.2, 0) is 0 Å². The van der Waals surface area contributed by atoms with Gasteiger partial charge in [0.15, 0.2) is 0 Å². The van der Waals surface area contributed by atoms with E-state index in [1.54, 1.807) is 12.1 Å². The molecule has 84 valence electrons. The Morgan fingerprint density at radius 2 is 1.80 bits per heavy atom. The summed E-state index contributed by atoms with van der Waals surface area (Å²) in [5, 5.41) is 3.11. The fraction of sp³-hybridized carbons (Fsp3) is 0.538. The van der Waals surface area contributed by atoms with Gasteiger partial charge in [0, 0.05) is 6.54 Å². The molecule has 15 heavy (non-hydrogen) atoms. The number of nitrogens with one attached hydrogen (secondary N) is 1. The first-order valence-electron chi connectivity index (χ1n) is 5.83. The molecule has 0 aliphatic rings. The van der Waals surface area contributed by atoms with Crippen molar-refractivity contribution in [1.29, 1.82) is 0 Å². The van der Waals surface area contributed by atoms with Gasteiger partial charge in [0.25, 0.3) is 0 Å². The molecule has 0 spiro atoms. The van der Waals surface area contributed by atoms with E-state index in [0.29, 0.717) is 5.69 Å². The third-order valence-corrected chi connectivity index (χ3v) is 2.47. The van der Waals surface area contributed by atoms with Crippen LogP contribution in [0.25, 0.3) is 0 Å². The predicted molar refractivity (Wildman–Crippen MR) is 63.6 cm³/mol. The Morgan fingerprint density at radius 1 is 1.07 bits per heavy atom. The normalized spacial score (nSPS) is 10.3. The summed E-state index contributed by atoms with van der Waals surface area (Å²) in [7, 11) is 0. The van der Waals surface area contributed by atoms with Gasteiger partial charge in [0.05, 0.1) is 5.69 Å². The summed E-state index contributed by atoms with van der Waals surface area (Å²) < 4.78 is 13.2. The number of unbranched alkanes of at least 4 members (excludes halogenated alkanes) is 4. The number of anilines is 1. The quantitative estimate of drug-likeness (QED) is 0.663. The maximum absolute atomic E-state index is 13.2. The van der Waals surface area contributed by atoms with Crippen LogP contribution < -0.4 is 5.32 Å². The molecule has 0 aromatic heterocycles. The second kappa shape index (κ2) is 7.27. The van der Waals surface area contributed by atoms with Gasteiger partial charge in [-0.3, -0.25) is 0 Å². The zero-order chi connectivity index (χ0) is 10.9. The van der Waals surface area contributed by atoms with Crippen LogP contribution >= 0.6 is 0 Å². The van der Waals surface area contributed by atoms with Crippen molar-refractivity contribution in [3.8, 4) is 0 Å². The van der Waals surface area contributed by atoms with Crippen LogP contribution in [0.15, 0.2) is 24.3 Å². The van der Waals surface area contributed by atoms with Crippen LogP contribution in [0.1, 0.15) is 39.0 Å². The maximum atomic E-state index is 13.2. The van der Waals surface area contributed by atoms with Gasteiger partial charge in [-0.05, 0) is 18.6 Å². The summed E-state index contributed by atoms with van der Waals surface area (Å²) in [4.78, 5) is 0. The van der Waals surface area contributed by atoms with E-state index in [1.165, 1.54) is 31.7 Å². The lowest BCUT2D eigenvalue weighted by molar-refractivity contribution is 0.624. The van der Waals surface area contributed by atoms with E-state index < -0.39 is 0 Å². The molecule has 0 saturated heterocycles. The van der Waals surface area contributed by atoms with Crippen LogP contribution in [-0.4, -0.2) is 6.54 Å². The summed E-state index contributed by atoms with van der Waals surface area (Å²) >= 11 is 0. The van der Waals surface area contributed by atoms with E-state index >= 15 is 0 Å². The van der Waals surface area contributed by atoms with Crippen molar-refractivity contribution in [2.24, 2.45) is 0 Å². The summed E-state index contributed by atoms with van der Waals surface area (Å²) in [6.45, 7) is 3.07. The first-order chi connectivity index (χ1) is 7.34. The molecule has 0 heterocycles. The minimum atomic E-state index is -0.161. The molecule has 0 aliphatic heterocycles. The van der Waals surface area contributed by atoms with Crippen molar-refractivity contribution in [1.82, 2.24) is 0 Å².